The van der Waals surface area contributed by atoms with E-state index in [1.807, 2.05) is 48.5 Å². The summed E-state index contributed by atoms with van der Waals surface area (Å²) in [5.41, 5.74) is 5.24. The number of aromatic nitrogens is 4. The number of nitrogens with zero attached hydrogens (tertiary/aromatic N) is 5. The van der Waals surface area contributed by atoms with E-state index in [-0.39, 0.29) is 49.1 Å². The van der Waals surface area contributed by atoms with Gasteiger partial charge in [0.25, 0.3) is 5.91 Å². The maximum atomic E-state index is 13.2. The number of hydrogen-bond acceptors (Lipinski definition) is 9. The number of fused-ring (bicyclic) bond motifs is 4. The molecule has 2 heterocycles. The minimum Gasteiger partial charge on any atom is -0.497 e. The first-order valence-corrected chi connectivity index (χ1v) is 15.0. The molecule has 1 aliphatic carbocycles. The van der Waals surface area contributed by atoms with Crippen molar-refractivity contribution in [1.82, 2.24) is 29.7 Å². The molecule has 1 aliphatic rings. The van der Waals surface area contributed by atoms with Crippen molar-refractivity contribution in [2.45, 2.75) is 12.5 Å². The van der Waals surface area contributed by atoms with Crippen molar-refractivity contribution < 1.29 is 33.8 Å². The molecule has 0 saturated carbocycles. The molecule has 0 aliphatic heterocycles. The predicted molar refractivity (Wildman–Crippen MR) is 174 cm³/mol. The third-order valence-corrected chi connectivity index (χ3v) is 7.96. The van der Waals surface area contributed by atoms with Gasteiger partial charge in [0.1, 0.15) is 31.8 Å². The van der Waals surface area contributed by atoms with Crippen molar-refractivity contribution in [2.75, 3.05) is 38.7 Å². The molecule has 14 nitrogen and oxygen atoms in total. The predicted octanol–water partition coefficient (Wildman–Crippen LogP) is 3.54. The first-order chi connectivity index (χ1) is 23.3. The lowest BCUT2D eigenvalue weighted by Crippen LogP contribution is -2.42. The Morgan fingerprint density at radius 2 is 1.60 bits per heavy atom. The first-order valence-electron chi connectivity index (χ1n) is 15.0. The van der Waals surface area contributed by atoms with Gasteiger partial charge in [-0.1, -0.05) is 48.5 Å². The number of nitrogens with one attached hydrogen (secondary N) is 2. The lowest BCUT2D eigenvalue weighted by molar-refractivity contribution is -0.144. The number of hydrogen-bond donors (Lipinski definition) is 3. The third-order valence-electron chi connectivity index (χ3n) is 7.96. The van der Waals surface area contributed by atoms with Crippen molar-refractivity contribution in [3.8, 4) is 16.9 Å². The van der Waals surface area contributed by atoms with E-state index in [2.05, 4.69) is 25.6 Å². The average molecular weight is 650 g/mol. The fraction of sp³-hybridized carbons (Fsp3) is 0.206. The fourth-order valence-corrected chi connectivity index (χ4v) is 5.65. The molecule has 0 saturated heterocycles. The topological polar surface area (TPSA) is 178 Å². The molecule has 0 fully saturated rings. The van der Waals surface area contributed by atoms with Gasteiger partial charge in [-0.2, -0.15) is 0 Å². The third kappa shape index (κ3) is 6.77. The zero-order chi connectivity index (χ0) is 33.6. The summed E-state index contributed by atoms with van der Waals surface area (Å²) in [6.07, 6.45) is 1.90. The van der Waals surface area contributed by atoms with Crippen LogP contribution < -0.4 is 15.4 Å². The quantitative estimate of drug-likeness (QED) is 0.181. The number of methoxy groups -OCH3 is 1. The molecule has 48 heavy (non-hydrogen) atoms. The van der Waals surface area contributed by atoms with E-state index in [1.165, 1.54) is 24.3 Å². The van der Waals surface area contributed by atoms with Crippen LogP contribution in [0.4, 0.5) is 10.6 Å². The molecule has 6 rings (SSSR count). The second kappa shape index (κ2) is 14.0. The Labute approximate surface area is 274 Å². The largest absolute Gasteiger partial charge is 0.497 e. The number of carbonyl (C=O) groups excluding carboxylic acids is 3. The number of aliphatic carboxylic acids is 1. The Kier molecular flexibility index (Phi) is 9.23. The Morgan fingerprint density at radius 3 is 2.27 bits per heavy atom. The zero-order valence-corrected chi connectivity index (χ0v) is 25.8. The molecule has 3 amide bonds. The van der Waals surface area contributed by atoms with Gasteiger partial charge in [0.05, 0.1) is 13.4 Å². The molecule has 0 radical (unpaired) electrons. The van der Waals surface area contributed by atoms with E-state index < -0.39 is 30.4 Å². The summed E-state index contributed by atoms with van der Waals surface area (Å²) in [7, 11) is 1.53. The summed E-state index contributed by atoms with van der Waals surface area (Å²) in [5.74, 6) is -1.57. The van der Waals surface area contributed by atoms with Crippen LogP contribution in [0, 0.1) is 0 Å². The molecular weight excluding hydrogens is 618 g/mol. The van der Waals surface area contributed by atoms with E-state index in [1.54, 1.807) is 24.3 Å². The monoisotopic (exact) mass is 649 g/mol. The number of amides is 3. The Morgan fingerprint density at radius 1 is 0.917 bits per heavy atom. The van der Waals surface area contributed by atoms with Gasteiger partial charge in [-0.15, -0.1) is 0 Å². The van der Waals surface area contributed by atoms with Crippen molar-refractivity contribution in [3.05, 3.63) is 102 Å². The van der Waals surface area contributed by atoms with Gasteiger partial charge in [0, 0.05) is 24.6 Å². The highest BCUT2D eigenvalue weighted by Crippen LogP contribution is 2.44. The van der Waals surface area contributed by atoms with Gasteiger partial charge >= 0.3 is 12.1 Å². The molecule has 3 aromatic carbocycles. The van der Waals surface area contributed by atoms with Crippen LogP contribution in [0.5, 0.6) is 5.75 Å². The Bertz CT molecular complexity index is 1950. The smallest absolute Gasteiger partial charge is 0.407 e. The highest BCUT2D eigenvalue weighted by molar-refractivity contribution is 6.06. The molecule has 5 aromatic rings. The average Bonchev–Trinajstić information content (AvgIpc) is 3.66. The minimum atomic E-state index is -1.22. The number of benzene rings is 3. The minimum absolute atomic E-state index is 0.0376. The molecule has 0 spiro atoms. The van der Waals surface area contributed by atoms with Gasteiger partial charge in [-0.3, -0.25) is 14.4 Å². The van der Waals surface area contributed by atoms with Crippen molar-refractivity contribution in [2.24, 2.45) is 0 Å². The summed E-state index contributed by atoms with van der Waals surface area (Å²) in [4.78, 5) is 63.9. The van der Waals surface area contributed by atoms with Crippen LogP contribution in [0.25, 0.3) is 22.3 Å². The summed E-state index contributed by atoms with van der Waals surface area (Å²) in [6.45, 7) is -0.881. The van der Waals surface area contributed by atoms with Crippen LogP contribution >= 0.6 is 0 Å². The van der Waals surface area contributed by atoms with Crippen LogP contribution in [-0.2, 0) is 20.9 Å². The molecular formula is C34H31N7O7. The van der Waals surface area contributed by atoms with E-state index in [4.69, 9.17) is 9.47 Å². The number of anilines is 1. The second-order valence-corrected chi connectivity index (χ2v) is 10.9. The molecule has 0 bridgehead atoms. The zero-order valence-electron chi connectivity index (χ0n) is 25.8. The summed E-state index contributed by atoms with van der Waals surface area (Å²) >= 11 is 0. The number of carboxylic acids is 1. The van der Waals surface area contributed by atoms with E-state index in [9.17, 15) is 24.3 Å². The van der Waals surface area contributed by atoms with Gasteiger partial charge in [-0.25, -0.2) is 19.7 Å². The molecule has 3 N–H and O–H groups in total. The number of alkyl carbamates (subject to hydrolysis) is 1. The fourth-order valence-electron chi connectivity index (χ4n) is 5.65. The van der Waals surface area contributed by atoms with E-state index in [0.29, 0.717) is 11.3 Å². The number of rotatable bonds is 12. The van der Waals surface area contributed by atoms with Crippen LogP contribution in [-0.4, -0.2) is 86.8 Å². The Hall–Kier alpha value is -6.31. The normalized spacial score (nSPS) is 11.8. The maximum absolute atomic E-state index is 13.2. The molecule has 244 valence electrons. The summed E-state index contributed by atoms with van der Waals surface area (Å²) in [6, 6.07) is 22.5. The van der Waals surface area contributed by atoms with Gasteiger partial charge in [0.2, 0.25) is 5.91 Å². The first kappa shape index (κ1) is 31.7. The van der Waals surface area contributed by atoms with Gasteiger partial charge < -0.3 is 34.7 Å². The second-order valence-electron chi connectivity index (χ2n) is 10.9. The SMILES string of the molecule is COc1ccc(C(=O)Nc2ncnc3c2ncn3CC(=O)N(CCNC(=O)OCC2c3ccccc3-c3ccccc32)CC(=O)O)cc1. The van der Waals surface area contributed by atoms with Crippen LogP contribution in [0.15, 0.2) is 85.5 Å². The number of carbonyl (C=O) groups is 4. The lowest BCUT2D eigenvalue weighted by atomic mass is 9.98. The molecule has 14 heteroatoms. The Balaban J connectivity index is 1.05. The van der Waals surface area contributed by atoms with E-state index >= 15 is 0 Å². The van der Waals surface area contributed by atoms with Crippen molar-refractivity contribution >= 4 is 40.9 Å². The van der Waals surface area contributed by atoms with E-state index in [0.717, 1.165) is 27.2 Å². The number of imidazole rings is 1. The van der Waals surface area contributed by atoms with Crippen molar-refractivity contribution in [1.29, 1.82) is 0 Å². The number of carboxylic acid groups (broad SMARTS) is 1. The number of ether oxygens (including phenoxy) is 2. The highest BCUT2D eigenvalue weighted by Gasteiger charge is 2.29. The van der Waals surface area contributed by atoms with Crippen LogP contribution in [0.3, 0.4) is 0 Å². The van der Waals surface area contributed by atoms with Crippen LogP contribution in [0.2, 0.25) is 0 Å². The summed E-state index contributed by atoms with van der Waals surface area (Å²) < 4.78 is 12.1. The standard InChI is InChI=1S/C34H31N7O7/c1-47-22-12-10-21(11-13-22)33(45)39-31-30-32(37-19-36-31)41(20-38-30)16-28(42)40(17-29(43)44)15-14-35-34(46)48-18-27-25-8-4-2-6-23(25)24-7-3-5-9-26(24)27/h2-13,19-20,27H,14-18H2,1H3,(H,35,46)(H,43,44)(H,36,37,39,45). The summed E-state index contributed by atoms with van der Waals surface area (Å²) in [5, 5.41) is 14.8. The highest BCUT2D eigenvalue weighted by atomic mass is 16.5. The van der Waals surface area contributed by atoms with Crippen molar-refractivity contribution in [3.63, 3.8) is 0 Å². The van der Waals surface area contributed by atoms with Gasteiger partial charge in [-0.05, 0) is 46.5 Å². The lowest BCUT2D eigenvalue weighted by Gasteiger charge is -2.21. The molecule has 2 aromatic heterocycles. The molecule has 0 unspecified atom stereocenters. The van der Waals surface area contributed by atoms with Gasteiger partial charge in [0.15, 0.2) is 17.0 Å². The van der Waals surface area contributed by atoms with Crippen LogP contribution in [0.1, 0.15) is 27.4 Å². The molecule has 0 atom stereocenters. The maximum Gasteiger partial charge on any atom is 0.407 e.